The van der Waals surface area contributed by atoms with Crippen LogP contribution in [0.25, 0.3) is 16.8 Å². The van der Waals surface area contributed by atoms with E-state index in [1.807, 2.05) is 26.1 Å². The Kier molecular flexibility index (Phi) is 2.11. The van der Waals surface area contributed by atoms with Gasteiger partial charge in [0.1, 0.15) is 10.2 Å². The average Bonchev–Trinajstić information content (AvgIpc) is 2.28. The molecule has 0 bridgehead atoms. The first-order chi connectivity index (χ1) is 7.66. The third-order valence-electron chi connectivity index (χ3n) is 2.77. The van der Waals surface area contributed by atoms with Crippen molar-refractivity contribution in [2.45, 2.75) is 4.41 Å². The molecule has 1 heterocycles. The van der Waals surface area contributed by atoms with E-state index >= 15 is 0 Å². The SMILES string of the molecule is BC1(Br)C=Cc2ccc3ccccc3c2O1. The molecular weight excluding hydrogens is 263 g/mol. The van der Waals surface area contributed by atoms with Gasteiger partial charge in [0, 0.05) is 10.9 Å². The summed E-state index contributed by atoms with van der Waals surface area (Å²) in [6.07, 6.45) is 4.12. The standard InChI is InChI=1S/C13H10BBrO/c14-13(15)8-7-10-6-5-9-3-1-2-4-11(9)12(10)16-13/h1-8H,14H2. The van der Waals surface area contributed by atoms with Crippen LogP contribution in [0.1, 0.15) is 5.56 Å². The molecule has 1 aliphatic heterocycles. The van der Waals surface area contributed by atoms with Crippen LogP contribution in [0.2, 0.25) is 0 Å². The lowest BCUT2D eigenvalue weighted by atomic mass is 9.94. The molecule has 0 fully saturated rings. The molecule has 2 aromatic carbocycles. The van der Waals surface area contributed by atoms with Crippen molar-refractivity contribution >= 4 is 40.6 Å². The van der Waals surface area contributed by atoms with E-state index in [-0.39, 0.29) is 0 Å². The Morgan fingerprint density at radius 2 is 1.94 bits per heavy atom. The molecule has 3 heteroatoms. The van der Waals surface area contributed by atoms with Gasteiger partial charge in [0.2, 0.25) is 0 Å². The zero-order chi connectivity index (χ0) is 11.2. The van der Waals surface area contributed by atoms with Gasteiger partial charge in [-0.1, -0.05) is 42.5 Å². The van der Waals surface area contributed by atoms with Gasteiger partial charge in [0.15, 0.2) is 7.85 Å². The van der Waals surface area contributed by atoms with Crippen LogP contribution in [0, 0.1) is 0 Å². The Hall–Kier alpha value is -1.22. The Labute approximate surface area is 104 Å². The van der Waals surface area contributed by atoms with Crippen molar-refractivity contribution in [3.8, 4) is 5.75 Å². The minimum absolute atomic E-state index is 0.399. The Morgan fingerprint density at radius 1 is 1.12 bits per heavy atom. The van der Waals surface area contributed by atoms with Crippen LogP contribution < -0.4 is 4.74 Å². The van der Waals surface area contributed by atoms with Gasteiger partial charge >= 0.3 is 0 Å². The maximum atomic E-state index is 5.96. The first-order valence-corrected chi connectivity index (χ1v) is 6.04. The molecule has 1 unspecified atom stereocenters. The van der Waals surface area contributed by atoms with Crippen LogP contribution >= 0.6 is 15.9 Å². The van der Waals surface area contributed by atoms with Gasteiger partial charge in [-0.3, -0.25) is 0 Å². The van der Waals surface area contributed by atoms with Crippen LogP contribution in [0.3, 0.4) is 0 Å². The van der Waals surface area contributed by atoms with Crippen LogP contribution in [0.5, 0.6) is 5.75 Å². The lowest BCUT2D eigenvalue weighted by Gasteiger charge is -2.27. The topological polar surface area (TPSA) is 9.23 Å². The predicted octanol–water partition coefficient (Wildman–Crippen LogP) is 2.93. The summed E-state index contributed by atoms with van der Waals surface area (Å²) in [6.45, 7) is 0. The Morgan fingerprint density at radius 3 is 2.81 bits per heavy atom. The van der Waals surface area contributed by atoms with Gasteiger partial charge in [-0.25, -0.2) is 0 Å². The number of ether oxygens (including phenoxy) is 1. The van der Waals surface area contributed by atoms with E-state index in [1.165, 1.54) is 5.39 Å². The smallest absolute Gasteiger partial charge is 0.178 e. The summed E-state index contributed by atoms with van der Waals surface area (Å²) in [5.74, 6) is 0.958. The number of halogens is 1. The highest BCUT2D eigenvalue weighted by Crippen LogP contribution is 2.38. The maximum Gasteiger partial charge on any atom is 0.178 e. The van der Waals surface area contributed by atoms with Crippen molar-refractivity contribution in [2.75, 3.05) is 0 Å². The number of alkyl halides is 1. The van der Waals surface area contributed by atoms with Gasteiger partial charge in [-0.15, -0.1) is 0 Å². The molecule has 3 rings (SSSR count). The minimum Gasteiger partial charge on any atom is -0.481 e. The molecule has 0 spiro atoms. The van der Waals surface area contributed by atoms with E-state index in [9.17, 15) is 0 Å². The average molecular weight is 273 g/mol. The molecule has 0 saturated carbocycles. The molecule has 0 amide bonds. The molecule has 1 aliphatic rings. The number of hydrogen-bond acceptors (Lipinski definition) is 1. The summed E-state index contributed by atoms with van der Waals surface area (Å²) in [4.78, 5) is 0. The summed E-state index contributed by atoms with van der Waals surface area (Å²) >= 11 is 3.54. The Bertz CT molecular complexity index is 590. The van der Waals surface area contributed by atoms with Crippen molar-refractivity contribution in [2.24, 2.45) is 0 Å². The second kappa shape index (κ2) is 3.39. The zero-order valence-electron chi connectivity index (χ0n) is 8.91. The monoisotopic (exact) mass is 272 g/mol. The number of hydrogen-bond donors (Lipinski definition) is 0. The van der Waals surface area contributed by atoms with Crippen LogP contribution in [-0.2, 0) is 0 Å². The van der Waals surface area contributed by atoms with Gasteiger partial charge in [-0.05, 0) is 27.4 Å². The van der Waals surface area contributed by atoms with Crippen molar-refractivity contribution in [1.82, 2.24) is 0 Å². The fourth-order valence-electron chi connectivity index (χ4n) is 1.98. The van der Waals surface area contributed by atoms with E-state index in [0.29, 0.717) is 0 Å². The molecular formula is C13H10BBrO. The number of fused-ring (bicyclic) bond motifs is 3. The molecule has 0 N–H and O–H groups in total. The third-order valence-corrected chi connectivity index (χ3v) is 3.20. The summed E-state index contributed by atoms with van der Waals surface area (Å²) in [7, 11) is 1.99. The van der Waals surface area contributed by atoms with Crippen molar-refractivity contribution in [3.05, 3.63) is 48.0 Å². The fraction of sp³-hybridized carbons (Fsp3) is 0.0769. The fourth-order valence-corrected chi connectivity index (χ4v) is 2.27. The first kappa shape index (κ1) is 9.97. The van der Waals surface area contributed by atoms with Gasteiger partial charge in [0.05, 0.1) is 0 Å². The van der Waals surface area contributed by atoms with E-state index in [4.69, 9.17) is 4.74 Å². The number of rotatable bonds is 0. The molecule has 1 nitrogen and oxygen atoms in total. The van der Waals surface area contributed by atoms with E-state index in [1.54, 1.807) is 0 Å². The molecule has 0 radical (unpaired) electrons. The minimum atomic E-state index is -0.399. The predicted molar refractivity (Wildman–Crippen MR) is 73.8 cm³/mol. The van der Waals surface area contributed by atoms with Crippen LogP contribution in [0.4, 0.5) is 0 Å². The van der Waals surface area contributed by atoms with Gasteiger partial charge in [-0.2, -0.15) is 0 Å². The second-order valence-corrected chi connectivity index (χ2v) is 5.70. The first-order valence-electron chi connectivity index (χ1n) is 5.25. The highest BCUT2D eigenvalue weighted by atomic mass is 79.9. The summed E-state index contributed by atoms with van der Waals surface area (Å²) in [5, 5.41) is 2.37. The molecule has 0 aromatic heterocycles. The molecule has 78 valence electrons. The van der Waals surface area contributed by atoms with Gasteiger partial charge < -0.3 is 4.74 Å². The lowest BCUT2D eigenvalue weighted by molar-refractivity contribution is 0.302. The third kappa shape index (κ3) is 1.56. The van der Waals surface area contributed by atoms with Crippen LogP contribution in [-0.4, -0.2) is 12.3 Å². The summed E-state index contributed by atoms with van der Waals surface area (Å²) < 4.78 is 5.56. The van der Waals surface area contributed by atoms with E-state index < -0.39 is 4.41 Å². The highest BCUT2D eigenvalue weighted by Gasteiger charge is 2.24. The molecule has 0 saturated heterocycles. The Balaban J connectivity index is 2.31. The quantitative estimate of drug-likeness (QED) is 0.529. The van der Waals surface area contributed by atoms with Crippen molar-refractivity contribution in [3.63, 3.8) is 0 Å². The lowest BCUT2D eigenvalue weighted by Crippen LogP contribution is -2.28. The highest BCUT2D eigenvalue weighted by molar-refractivity contribution is 9.10. The zero-order valence-corrected chi connectivity index (χ0v) is 10.5. The summed E-state index contributed by atoms with van der Waals surface area (Å²) in [5.41, 5.74) is 1.13. The molecule has 0 aliphatic carbocycles. The largest absolute Gasteiger partial charge is 0.481 e. The summed E-state index contributed by atoms with van der Waals surface area (Å²) in [6, 6.07) is 12.5. The van der Waals surface area contributed by atoms with Crippen molar-refractivity contribution in [1.29, 1.82) is 0 Å². The van der Waals surface area contributed by atoms with E-state index in [2.05, 4.69) is 46.3 Å². The van der Waals surface area contributed by atoms with Crippen molar-refractivity contribution < 1.29 is 4.74 Å². The van der Waals surface area contributed by atoms with E-state index in [0.717, 1.165) is 16.7 Å². The van der Waals surface area contributed by atoms with Crippen LogP contribution in [0.15, 0.2) is 42.5 Å². The maximum absolute atomic E-state index is 5.96. The normalized spacial score (nSPS) is 22.8. The molecule has 16 heavy (non-hydrogen) atoms. The van der Waals surface area contributed by atoms with Gasteiger partial charge in [0.25, 0.3) is 0 Å². The molecule has 1 atom stereocenters. The number of benzene rings is 2. The molecule has 2 aromatic rings. The second-order valence-electron chi connectivity index (χ2n) is 4.13.